The summed E-state index contributed by atoms with van der Waals surface area (Å²) >= 11 is 0. The van der Waals surface area contributed by atoms with Gasteiger partial charge in [-0.3, -0.25) is 0 Å². The summed E-state index contributed by atoms with van der Waals surface area (Å²) in [7, 11) is 0. The molecule has 2 nitrogen and oxygen atoms in total. The van der Waals surface area contributed by atoms with Crippen molar-refractivity contribution in [3.8, 4) is 12.3 Å². The smallest absolute Gasteiger partial charge is 0.0671 e. The van der Waals surface area contributed by atoms with Gasteiger partial charge in [0, 0.05) is 13.2 Å². The predicted molar refractivity (Wildman–Crippen MR) is 63.7 cm³/mol. The van der Waals surface area contributed by atoms with Crippen LogP contribution in [0.5, 0.6) is 0 Å². The van der Waals surface area contributed by atoms with Crippen molar-refractivity contribution in [1.82, 2.24) is 5.32 Å². The van der Waals surface area contributed by atoms with E-state index in [4.69, 9.17) is 11.2 Å². The molecule has 0 aliphatic heterocycles. The van der Waals surface area contributed by atoms with Gasteiger partial charge in [0.1, 0.15) is 0 Å². The van der Waals surface area contributed by atoms with E-state index >= 15 is 0 Å². The first kappa shape index (κ1) is 12.5. The van der Waals surface area contributed by atoms with Gasteiger partial charge in [0.2, 0.25) is 0 Å². The fraction of sp³-hybridized carbons (Fsp3) is 0.846. The van der Waals surface area contributed by atoms with E-state index in [9.17, 15) is 0 Å². The Bertz CT molecular complexity index is 191. The maximum Gasteiger partial charge on any atom is 0.0671 e. The second kappa shape index (κ2) is 7.73. The minimum atomic E-state index is 0.278. The lowest BCUT2D eigenvalue weighted by Gasteiger charge is -2.23. The Morgan fingerprint density at radius 1 is 1.40 bits per heavy atom. The lowest BCUT2D eigenvalue weighted by Crippen LogP contribution is -2.29. The fourth-order valence-electron chi connectivity index (χ4n) is 2.06. The molecule has 1 rings (SSSR count). The van der Waals surface area contributed by atoms with Gasteiger partial charge in [0.25, 0.3) is 0 Å². The van der Waals surface area contributed by atoms with Gasteiger partial charge >= 0.3 is 0 Å². The highest BCUT2D eigenvalue weighted by Gasteiger charge is 2.14. The molecule has 1 aliphatic carbocycles. The second-order valence-electron chi connectivity index (χ2n) is 4.48. The summed E-state index contributed by atoms with van der Waals surface area (Å²) in [6.45, 7) is 4.53. The number of hydrogen-bond donors (Lipinski definition) is 1. The SMILES string of the molecule is C#CCNCC(C)OCC1CCCCC1. The van der Waals surface area contributed by atoms with E-state index in [0.29, 0.717) is 6.54 Å². The quantitative estimate of drug-likeness (QED) is 0.535. The molecule has 0 heterocycles. The lowest BCUT2D eigenvalue weighted by molar-refractivity contribution is 0.0320. The zero-order valence-corrected chi connectivity index (χ0v) is 9.80. The molecular formula is C13H23NO. The van der Waals surface area contributed by atoms with Crippen molar-refractivity contribution in [2.24, 2.45) is 5.92 Å². The number of ether oxygens (including phenoxy) is 1. The average Bonchev–Trinajstić information content (AvgIpc) is 2.28. The molecule has 0 radical (unpaired) electrons. The topological polar surface area (TPSA) is 21.3 Å². The van der Waals surface area contributed by atoms with Crippen molar-refractivity contribution in [2.45, 2.75) is 45.1 Å². The average molecular weight is 209 g/mol. The van der Waals surface area contributed by atoms with Crippen molar-refractivity contribution in [1.29, 1.82) is 0 Å². The first-order valence-corrected chi connectivity index (χ1v) is 6.08. The van der Waals surface area contributed by atoms with Crippen LogP contribution in [0.4, 0.5) is 0 Å². The van der Waals surface area contributed by atoms with Gasteiger partial charge in [-0.1, -0.05) is 25.2 Å². The third kappa shape index (κ3) is 5.81. The summed E-state index contributed by atoms with van der Waals surface area (Å²) in [5, 5.41) is 3.16. The predicted octanol–water partition coefficient (Wildman–Crippen LogP) is 2.19. The zero-order chi connectivity index (χ0) is 10.9. The first-order valence-electron chi connectivity index (χ1n) is 6.08. The Balaban J connectivity index is 2.00. The van der Waals surface area contributed by atoms with Crippen molar-refractivity contribution in [3.63, 3.8) is 0 Å². The molecule has 86 valence electrons. The molecule has 1 saturated carbocycles. The fourth-order valence-corrected chi connectivity index (χ4v) is 2.06. The Morgan fingerprint density at radius 2 is 2.13 bits per heavy atom. The van der Waals surface area contributed by atoms with E-state index in [-0.39, 0.29) is 6.10 Å². The minimum Gasteiger partial charge on any atom is -0.377 e. The highest BCUT2D eigenvalue weighted by atomic mass is 16.5. The summed E-state index contributed by atoms with van der Waals surface area (Å²) in [4.78, 5) is 0. The van der Waals surface area contributed by atoms with E-state index in [2.05, 4.69) is 18.2 Å². The zero-order valence-electron chi connectivity index (χ0n) is 9.80. The molecule has 15 heavy (non-hydrogen) atoms. The first-order chi connectivity index (χ1) is 7.33. The number of terminal acetylenes is 1. The summed E-state index contributed by atoms with van der Waals surface area (Å²) in [5.41, 5.74) is 0. The molecule has 0 aromatic carbocycles. The van der Waals surface area contributed by atoms with E-state index in [1.54, 1.807) is 0 Å². The molecule has 1 aliphatic rings. The molecule has 0 amide bonds. The van der Waals surface area contributed by atoms with Crippen LogP contribution in [0.1, 0.15) is 39.0 Å². The summed E-state index contributed by atoms with van der Waals surface area (Å²) in [5.74, 6) is 3.36. The van der Waals surface area contributed by atoms with E-state index < -0.39 is 0 Å². The van der Waals surface area contributed by atoms with Gasteiger partial charge in [-0.2, -0.15) is 0 Å². The number of hydrogen-bond acceptors (Lipinski definition) is 2. The van der Waals surface area contributed by atoms with Crippen molar-refractivity contribution in [2.75, 3.05) is 19.7 Å². The molecule has 2 heteroatoms. The minimum absolute atomic E-state index is 0.278. The monoisotopic (exact) mass is 209 g/mol. The molecule has 0 bridgehead atoms. The maximum absolute atomic E-state index is 5.80. The van der Waals surface area contributed by atoms with Crippen LogP contribution in [0.15, 0.2) is 0 Å². The summed E-state index contributed by atoms with van der Waals surface area (Å²) < 4.78 is 5.80. The molecule has 1 fully saturated rings. The molecule has 0 saturated heterocycles. The summed E-state index contributed by atoms with van der Waals surface area (Å²) in [6.07, 6.45) is 12.3. The van der Waals surface area contributed by atoms with Crippen LogP contribution in [0.2, 0.25) is 0 Å². The van der Waals surface area contributed by atoms with Crippen LogP contribution in [0.25, 0.3) is 0 Å². The van der Waals surface area contributed by atoms with Gasteiger partial charge < -0.3 is 10.1 Å². The number of nitrogens with one attached hydrogen (secondary N) is 1. The van der Waals surface area contributed by atoms with Crippen molar-refractivity contribution < 1.29 is 4.74 Å². The van der Waals surface area contributed by atoms with Crippen LogP contribution in [0.3, 0.4) is 0 Å². The highest BCUT2D eigenvalue weighted by molar-refractivity contribution is 4.86. The van der Waals surface area contributed by atoms with Crippen LogP contribution in [0, 0.1) is 18.3 Å². The van der Waals surface area contributed by atoms with Gasteiger partial charge in [0.15, 0.2) is 0 Å². The Hall–Kier alpha value is -0.520. The third-order valence-electron chi connectivity index (χ3n) is 3.00. The van der Waals surface area contributed by atoms with Gasteiger partial charge in [-0.05, 0) is 25.7 Å². The lowest BCUT2D eigenvalue weighted by atomic mass is 9.90. The van der Waals surface area contributed by atoms with E-state index in [1.165, 1.54) is 32.1 Å². The standard InChI is InChI=1S/C13H23NO/c1-3-9-14-10-12(2)15-11-13-7-5-4-6-8-13/h1,12-14H,4-11H2,2H3. The molecule has 0 aromatic rings. The number of rotatable bonds is 6. The van der Waals surface area contributed by atoms with Crippen molar-refractivity contribution >= 4 is 0 Å². The normalized spacial score (nSPS) is 19.7. The van der Waals surface area contributed by atoms with Crippen LogP contribution in [-0.2, 0) is 4.74 Å². The third-order valence-corrected chi connectivity index (χ3v) is 3.00. The second-order valence-corrected chi connectivity index (χ2v) is 4.48. The van der Waals surface area contributed by atoms with Crippen LogP contribution >= 0.6 is 0 Å². The summed E-state index contributed by atoms with van der Waals surface area (Å²) in [6, 6.07) is 0. The molecule has 1 N–H and O–H groups in total. The van der Waals surface area contributed by atoms with E-state index in [1.807, 2.05) is 0 Å². The Kier molecular flexibility index (Phi) is 6.47. The largest absolute Gasteiger partial charge is 0.377 e. The molecule has 0 aromatic heterocycles. The van der Waals surface area contributed by atoms with Crippen LogP contribution in [-0.4, -0.2) is 25.8 Å². The maximum atomic E-state index is 5.80. The molecular weight excluding hydrogens is 186 g/mol. The van der Waals surface area contributed by atoms with E-state index in [0.717, 1.165) is 19.1 Å². The van der Waals surface area contributed by atoms with Crippen LogP contribution < -0.4 is 5.32 Å². The molecule has 1 atom stereocenters. The van der Waals surface area contributed by atoms with Gasteiger partial charge in [-0.15, -0.1) is 6.42 Å². The van der Waals surface area contributed by atoms with Gasteiger partial charge in [0.05, 0.1) is 12.6 Å². The molecule has 1 unspecified atom stereocenters. The molecule has 0 spiro atoms. The Labute approximate surface area is 93.8 Å². The highest BCUT2D eigenvalue weighted by Crippen LogP contribution is 2.23. The Morgan fingerprint density at radius 3 is 2.80 bits per heavy atom. The van der Waals surface area contributed by atoms with Crippen molar-refractivity contribution in [3.05, 3.63) is 0 Å². The van der Waals surface area contributed by atoms with Gasteiger partial charge in [-0.25, -0.2) is 0 Å².